The third-order valence-electron chi connectivity index (χ3n) is 1.81. The summed E-state index contributed by atoms with van der Waals surface area (Å²) in [6, 6.07) is 0. The molecule has 0 aromatic heterocycles. The van der Waals surface area contributed by atoms with Crippen LogP contribution < -0.4 is 0 Å². The van der Waals surface area contributed by atoms with E-state index < -0.39 is 9.05 Å². The van der Waals surface area contributed by atoms with Crippen molar-refractivity contribution in [1.82, 2.24) is 0 Å². The van der Waals surface area contributed by atoms with Crippen LogP contribution in [0.5, 0.6) is 0 Å². The van der Waals surface area contributed by atoms with Crippen LogP contribution in [0, 0.1) is 0 Å². The molecule has 1 atom stereocenters. The van der Waals surface area contributed by atoms with Gasteiger partial charge in [0.25, 0.3) is 0 Å². The zero-order chi connectivity index (χ0) is 11.1. The normalized spacial score (nSPS) is 20.6. The smallest absolute Gasteiger partial charge is 0.371 e. The summed E-state index contributed by atoms with van der Waals surface area (Å²) in [6.07, 6.45) is 0.193. The van der Waals surface area contributed by atoms with Gasteiger partial charge in [0.05, 0.1) is 13.2 Å². The lowest BCUT2D eigenvalue weighted by molar-refractivity contribution is -0.0300. The van der Waals surface area contributed by atoms with E-state index in [4.69, 9.17) is 22.4 Å². The second kappa shape index (κ2) is 6.57. The van der Waals surface area contributed by atoms with Crippen molar-refractivity contribution in [2.24, 2.45) is 0 Å². The molecule has 1 unspecified atom stereocenters. The van der Waals surface area contributed by atoms with E-state index in [0.29, 0.717) is 26.4 Å². The average Bonchev–Trinajstić information content (AvgIpc) is 2.99. The topological polar surface area (TPSA) is 49.5 Å². The first-order valence-electron chi connectivity index (χ1n) is 5.43. The maximum atomic E-state index is 5.62. The van der Waals surface area contributed by atoms with Crippen LogP contribution >= 0.6 is 0 Å². The summed E-state index contributed by atoms with van der Waals surface area (Å²) >= 11 is 0. The molecule has 0 N–H and O–H groups in total. The Balaban J connectivity index is 2.43. The number of rotatable bonds is 9. The molecule has 0 saturated carbocycles. The maximum absolute atomic E-state index is 5.62. The number of hydrogen-bond acceptors (Lipinski definition) is 5. The van der Waals surface area contributed by atoms with E-state index in [1.165, 1.54) is 0 Å². The molecule has 1 aliphatic heterocycles. The van der Waals surface area contributed by atoms with Crippen LogP contribution in [0.25, 0.3) is 0 Å². The van der Waals surface area contributed by atoms with Crippen LogP contribution in [0.4, 0.5) is 0 Å². The Morgan fingerprint density at radius 3 is 1.80 bits per heavy atom. The van der Waals surface area contributed by atoms with Crippen molar-refractivity contribution >= 4 is 9.05 Å². The van der Waals surface area contributed by atoms with Crippen LogP contribution in [0.2, 0.25) is 0 Å². The zero-order valence-corrected chi connectivity index (χ0v) is 10.7. The van der Waals surface area contributed by atoms with E-state index in [2.05, 4.69) is 0 Å². The van der Waals surface area contributed by atoms with Gasteiger partial charge in [-0.3, -0.25) is 0 Å². The number of epoxide rings is 1. The predicted octanol–water partition coefficient (Wildman–Crippen LogP) is 0.947. The standard InChI is InChI=1S/C9H20O5Si/c1-4-11-15(12-5-2,13-6-3)14-8-9-7-10-9/h9H,4-8H2,1-3H3. The van der Waals surface area contributed by atoms with Crippen LogP contribution in [0.1, 0.15) is 20.8 Å². The lowest BCUT2D eigenvalue weighted by Gasteiger charge is -2.26. The van der Waals surface area contributed by atoms with Gasteiger partial charge in [0, 0.05) is 19.8 Å². The highest BCUT2D eigenvalue weighted by Gasteiger charge is 2.46. The first-order valence-corrected chi connectivity index (χ1v) is 7.07. The van der Waals surface area contributed by atoms with Crippen molar-refractivity contribution in [3.8, 4) is 0 Å². The Labute approximate surface area is 92.1 Å². The van der Waals surface area contributed by atoms with Gasteiger partial charge in [0.15, 0.2) is 0 Å². The largest absolute Gasteiger partial charge is 0.679 e. The fraction of sp³-hybridized carbons (Fsp3) is 1.00. The summed E-state index contributed by atoms with van der Waals surface area (Å²) < 4.78 is 27.2. The van der Waals surface area contributed by atoms with E-state index in [1.54, 1.807) is 0 Å². The van der Waals surface area contributed by atoms with Crippen molar-refractivity contribution < 1.29 is 22.4 Å². The van der Waals surface area contributed by atoms with E-state index >= 15 is 0 Å². The molecule has 0 spiro atoms. The van der Waals surface area contributed by atoms with Crippen molar-refractivity contribution in [2.75, 3.05) is 33.0 Å². The van der Waals surface area contributed by atoms with Gasteiger partial charge < -0.3 is 22.4 Å². The monoisotopic (exact) mass is 236 g/mol. The molecule has 1 aliphatic rings. The summed E-state index contributed by atoms with van der Waals surface area (Å²) in [5.41, 5.74) is 0. The minimum atomic E-state index is -2.90. The Morgan fingerprint density at radius 1 is 1.00 bits per heavy atom. The highest BCUT2D eigenvalue weighted by molar-refractivity contribution is 6.53. The summed E-state index contributed by atoms with van der Waals surface area (Å²) in [6.45, 7) is 8.53. The lowest BCUT2D eigenvalue weighted by atomic mass is 10.5. The third-order valence-corrected chi connectivity index (χ3v) is 4.26. The second-order valence-corrected chi connectivity index (χ2v) is 5.22. The van der Waals surface area contributed by atoms with E-state index in [1.807, 2.05) is 20.8 Å². The zero-order valence-electron chi connectivity index (χ0n) is 9.65. The van der Waals surface area contributed by atoms with Crippen LogP contribution in [-0.4, -0.2) is 48.2 Å². The van der Waals surface area contributed by atoms with Crippen LogP contribution in [0.15, 0.2) is 0 Å². The first kappa shape index (κ1) is 13.1. The molecule has 0 amide bonds. The second-order valence-electron chi connectivity index (χ2n) is 3.07. The van der Waals surface area contributed by atoms with Crippen LogP contribution in [-0.2, 0) is 22.4 Å². The highest BCUT2D eigenvalue weighted by Crippen LogP contribution is 2.16. The maximum Gasteiger partial charge on any atom is 0.679 e. The van der Waals surface area contributed by atoms with Crippen molar-refractivity contribution in [2.45, 2.75) is 26.9 Å². The quantitative estimate of drug-likeness (QED) is 0.440. The summed E-state index contributed by atoms with van der Waals surface area (Å²) in [4.78, 5) is 0. The fourth-order valence-electron chi connectivity index (χ4n) is 1.14. The van der Waals surface area contributed by atoms with Crippen LogP contribution in [0.3, 0.4) is 0 Å². The number of hydrogen-bond donors (Lipinski definition) is 0. The lowest BCUT2D eigenvalue weighted by Crippen LogP contribution is -2.50. The van der Waals surface area contributed by atoms with Crippen molar-refractivity contribution in [3.05, 3.63) is 0 Å². The molecule has 0 aromatic carbocycles. The van der Waals surface area contributed by atoms with Gasteiger partial charge in [-0.2, -0.15) is 0 Å². The van der Waals surface area contributed by atoms with Gasteiger partial charge >= 0.3 is 9.05 Å². The van der Waals surface area contributed by atoms with Gasteiger partial charge in [-0.05, 0) is 20.8 Å². The van der Waals surface area contributed by atoms with Crippen molar-refractivity contribution in [3.63, 3.8) is 0 Å². The van der Waals surface area contributed by atoms with E-state index in [0.717, 1.165) is 6.61 Å². The Morgan fingerprint density at radius 2 is 1.47 bits per heavy atom. The Bertz CT molecular complexity index is 157. The van der Waals surface area contributed by atoms with Gasteiger partial charge in [0.2, 0.25) is 0 Å². The SMILES string of the molecule is CCO[Si](OCC)(OCC)OCC1CO1. The molecule has 0 aliphatic carbocycles. The van der Waals surface area contributed by atoms with Gasteiger partial charge in [-0.15, -0.1) is 0 Å². The molecular weight excluding hydrogens is 216 g/mol. The molecule has 6 heteroatoms. The third kappa shape index (κ3) is 4.58. The molecule has 0 aromatic rings. The molecule has 5 nitrogen and oxygen atoms in total. The minimum absolute atomic E-state index is 0.193. The Kier molecular flexibility index (Phi) is 5.73. The first-order chi connectivity index (χ1) is 7.26. The van der Waals surface area contributed by atoms with E-state index in [-0.39, 0.29) is 6.10 Å². The molecule has 1 heterocycles. The molecule has 1 fully saturated rings. The Hall–Kier alpha value is 0.0169. The fourth-order valence-corrected chi connectivity index (χ4v) is 3.09. The minimum Gasteiger partial charge on any atom is -0.371 e. The molecule has 90 valence electrons. The van der Waals surface area contributed by atoms with E-state index in [9.17, 15) is 0 Å². The van der Waals surface area contributed by atoms with Gasteiger partial charge in [0.1, 0.15) is 6.10 Å². The number of ether oxygens (including phenoxy) is 1. The van der Waals surface area contributed by atoms with Crippen molar-refractivity contribution in [1.29, 1.82) is 0 Å². The molecule has 15 heavy (non-hydrogen) atoms. The molecule has 0 radical (unpaired) electrons. The molecule has 1 rings (SSSR count). The summed E-state index contributed by atoms with van der Waals surface area (Å²) in [5, 5.41) is 0. The molecule has 0 bridgehead atoms. The van der Waals surface area contributed by atoms with Gasteiger partial charge in [-0.25, -0.2) is 0 Å². The predicted molar refractivity (Wildman–Crippen MR) is 56.3 cm³/mol. The van der Waals surface area contributed by atoms with Gasteiger partial charge in [-0.1, -0.05) is 0 Å². The molecular formula is C9H20O5Si. The highest BCUT2D eigenvalue weighted by atomic mass is 28.4. The summed E-state index contributed by atoms with van der Waals surface area (Å²) in [5.74, 6) is 0. The molecule has 1 saturated heterocycles. The average molecular weight is 236 g/mol. The summed E-state index contributed by atoms with van der Waals surface area (Å²) in [7, 11) is -2.90.